The Bertz CT molecular complexity index is 1150. The number of nitrogens with two attached hydrogens (primary N) is 1. The molecule has 0 aromatic heterocycles. The zero-order valence-corrected chi connectivity index (χ0v) is 18.1. The van der Waals surface area contributed by atoms with Crippen LogP contribution < -0.4 is 15.2 Å². The van der Waals surface area contributed by atoms with Crippen molar-refractivity contribution >= 4 is 0 Å². The van der Waals surface area contributed by atoms with E-state index in [2.05, 4.69) is 4.74 Å². The molecule has 12 heteroatoms. The molecule has 0 aliphatic carbocycles. The van der Waals surface area contributed by atoms with Crippen LogP contribution in [0.15, 0.2) is 72.8 Å². The number of halogens is 8. The fraction of sp³-hybridized carbons (Fsp3) is 0.250. The van der Waals surface area contributed by atoms with Gasteiger partial charge in [0.1, 0.15) is 23.1 Å². The molecule has 0 saturated heterocycles. The summed E-state index contributed by atoms with van der Waals surface area (Å²) in [5, 5.41) is 9.84. The van der Waals surface area contributed by atoms with Crippen molar-refractivity contribution in [2.45, 2.75) is 36.8 Å². The van der Waals surface area contributed by atoms with Crippen LogP contribution in [0.5, 0.6) is 17.2 Å². The van der Waals surface area contributed by atoms with Gasteiger partial charge in [-0.1, -0.05) is 24.3 Å². The molecular weight excluding hydrogens is 502 g/mol. The lowest BCUT2D eigenvalue weighted by molar-refractivity contribution is -0.253. The normalized spacial score (nSPS) is 14.9. The monoisotopic (exact) mass is 521 g/mol. The Morgan fingerprint density at radius 1 is 0.750 bits per heavy atom. The zero-order chi connectivity index (χ0) is 26.7. The molecule has 3 aromatic carbocycles. The van der Waals surface area contributed by atoms with Crippen molar-refractivity contribution in [1.82, 2.24) is 0 Å². The minimum Gasteiger partial charge on any atom is -0.457 e. The number of rotatable bonds is 9. The highest BCUT2D eigenvalue weighted by Crippen LogP contribution is 2.37. The van der Waals surface area contributed by atoms with Crippen LogP contribution >= 0.6 is 0 Å². The summed E-state index contributed by atoms with van der Waals surface area (Å²) in [5.41, 5.74) is 5.74. The van der Waals surface area contributed by atoms with Crippen molar-refractivity contribution < 1.29 is 49.7 Å². The molecule has 3 N–H and O–H groups in total. The topological polar surface area (TPSA) is 64.7 Å². The number of benzene rings is 3. The second kappa shape index (κ2) is 10.7. The molecule has 0 aliphatic heterocycles. The zero-order valence-electron chi connectivity index (χ0n) is 18.1. The van der Waals surface area contributed by atoms with E-state index in [9.17, 15) is 40.2 Å². The summed E-state index contributed by atoms with van der Waals surface area (Å²) in [4.78, 5) is 0. The van der Waals surface area contributed by atoms with Crippen molar-refractivity contribution in [3.63, 3.8) is 0 Å². The first-order valence-corrected chi connectivity index (χ1v) is 10.3. The van der Waals surface area contributed by atoms with Crippen LogP contribution in [0, 0.1) is 5.82 Å². The van der Waals surface area contributed by atoms with Crippen molar-refractivity contribution in [1.29, 1.82) is 0 Å². The summed E-state index contributed by atoms with van der Waals surface area (Å²) in [7, 11) is 0. The summed E-state index contributed by atoms with van der Waals surface area (Å²) in [6, 6.07) is 12.4. The number of hydrogen-bond acceptors (Lipinski definition) is 4. The van der Waals surface area contributed by atoms with Gasteiger partial charge in [0.15, 0.2) is 6.10 Å². The van der Waals surface area contributed by atoms with Crippen molar-refractivity contribution in [3.8, 4) is 17.2 Å². The Labute approximate surface area is 199 Å². The highest BCUT2D eigenvalue weighted by atomic mass is 19.4. The van der Waals surface area contributed by atoms with E-state index in [1.165, 1.54) is 42.5 Å². The van der Waals surface area contributed by atoms with Gasteiger partial charge in [0.05, 0.1) is 6.04 Å². The number of ether oxygens (including phenoxy) is 2. The first-order valence-electron chi connectivity index (χ1n) is 10.3. The van der Waals surface area contributed by atoms with Crippen molar-refractivity contribution in [2.24, 2.45) is 5.73 Å². The Hall–Kier alpha value is -3.38. The molecule has 194 valence electrons. The highest BCUT2D eigenvalue weighted by Gasteiger charge is 2.46. The van der Waals surface area contributed by atoms with E-state index in [0.29, 0.717) is 0 Å². The molecule has 0 spiro atoms. The molecule has 4 nitrogen and oxygen atoms in total. The third kappa shape index (κ3) is 6.64. The van der Waals surface area contributed by atoms with E-state index in [-0.39, 0.29) is 22.6 Å². The Morgan fingerprint density at radius 3 is 1.81 bits per heavy atom. The van der Waals surface area contributed by atoms with E-state index in [0.717, 1.165) is 30.3 Å². The second-order valence-corrected chi connectivity index (χ2v) is 7.71. The summed E-state index contributed by atoms with van der Waals surface area (Å²) in [6.45, 7) is 0. The fourth-order valence-electron chi connectivity index (χ4n) is 3.42. The minimum absolute atomic E-state index is 0.0724. The average molecular weight is 521 g/mol. The lowest BCUT2D eigenvalue weighted by Gasteiger charge is -2.30. The van der Waals surface area contributed by atoms with Gasteiger partial charge in [-0.15, -0.1) is 0 Å². The number of aliphatic hydroxyl groups is 1. The lowest BCUT2D eigenvalue weighted by atomic mass is 9.82. The standard InChI is InChI=1S/C24H19F8NO3/c25-15-7-9-16(10-8-15)35-17-5-1-3-13(11-17)19(20(33)21(34)23(28,29)30)14-4-2-6-18(12-14)36-24(31,32)22(26)27/h1-12,19-22,34H,33H2. The number of alkyl halides is 7. The number of hydrogen-bond donors (Lipinski definition) is 2. The summed E-state index contributed by atoms with van der Waals surface area (Å²) in [5.74, 6) is -2.44. The summed E-state index contributed by atoms with van der Waals surface area (Å²) < 4.78 is 115. The molecule has 3 rings (SSSR count). The SMILES string of the molecule is NC(C(c1cccc(Oc2ccc(F)cc2)c1)c1cccc(OC(F)(F)C(F)F)c1)C(O)C(F)(F)F. The molecule has 3 unspecified atom stereocenters. The third-order valence-electron chi connectivity index (χ3n) is 5.08. The molecule has 0 amide bonds. The first kappa shape index (κ1) is 27.2. The van der Waals surface area contributed by atoms with Gasteiger partial charge in [-0.3, -0.25) is 0 Å². The van der Waals surface area contributed by atoms with Crippen LogP contribution in [0.4, 0.5) is 35.1 Å². The van der Waals surface area contributed by atoms with Gasteiger partial charge in [-0.25, -0.2) is 4.39 Å². The molecule has 0 aliphatic rings. The predicted molar refractivity (Wildman–Crippen MR) is 113 cm³/mol. The summed E-state index contributed by atoms with van der Waals surface area (Å²) in [6.07, 6.45) is -17.2. The van der Waals surface area contributed by atoms with E-state index < -0.39 is 48.3 Å². The Morgan fingerprint density at radius 2 is 1.28 bits per heavy atom. The lowest BCUT2D eigenvalue weighted by Crippen LogP contribution is -2.48. The second-order valence-electron chi connectivity index (χ2n) is 7.71. The Balaban J connectivity index is 2.03. The van der Waals surface area contributed by atoms with E-state index in [4.69, 9.17) is 10.5 Å². The molecule has 0 saturated carbocycles. The van der Waals surface area contributed by atoms with Gasteiger partial charge in [0, 0.05) is 5.92 Å². The first-order chi connectivity index (χ1) is 16.8. The van der Waals surface area contributed by atoms with Crippen LogP contribution in [-0.2, 0) is 0 Å². The van der Waals surface area contributed by atoms with Gasteiger partial charge in [-0.2, -0.15) is 30.7 Å². The molecule has 0 bridgehead atoms. The number of aliphatic hydroxyl groups excluding tert-OH is 1. The molecule has 3 aromatic rings. The van der Waals surface area contributed by atoms with Crippen LogP contribution in [0.1, 0.15) is 17.0 Å². The van der Waals surface area contributed by atoms with Crippen LogP contribution in [-0.4, -0.2) is 36.0 Å². The molecule has 3 atom stereocenters. The van der Waals surface area contributed by atoms with Crippen LogP contribution in [0.3, 0.4) is 0 Å². The maximum Gasteiger partial charge on any atom is 0.461 e. The third-order valence-corrected chi connectivity index (χ3v) is 5.08. The smallest absolute Gasteiger partial charge is 0.457 e. The molecule has 0 radical (unpaired) electrons. The van der Waals surface area contributed by atoms with Gasteiger partial charge in [-0.05, 0) is 59.7 Å². The van der Waals surface area contributed by atoms with Gasteiger partial charge < -0.3 is 20.3 Å². The molecular formula is C24H19F8NO3. The molecule has 0 fully saturated rings. The summed E-state index contributed by atoms with van der Waals surface area (Å²) >= 11 is 0. The van der Waals surface area contributed by atoms with Gasteiger partial charge in [0.2, 0.25) is 0 Å². The maximum absolute atomic E-state index is 13.4. The predicted octanol–water partition coefficient (Wildman–Crippen LogP) is 6.24. The molecule has 36 heavy (non-hydrogen) atoms. The fourth-order valence-corrected chi connectivity index (χ4v) is 3.42. The van der Waals surface area contributed by atoms with E-state index in [1.807, 2.05) is 0 Å². The maximum atomic E-state index is 13.4. The van der Waals surface area contributed by atoms with Crippen molar-refractivity contribution in [2.75, 3.05) is 0 Å². The average Bonchev–Trinajstić information content (AvgIpc) is 2.80. The van der Waals surface area contributed by atoms with Crippen LogP contribution in [0.25, 0.3) is 0 Å². The van der Waals surface area contributed by atoms with E-state index >= 15 is 0 Å². The quantitative estimate of drug-likeness (QED) is 0.328. The largest absolute Gasteiger partial charge is 0.461 e. The molecule has 0 heterocycles. The highest BCUT2D eigenvalue weighted by molar-refractivity contribution is 5.43. The van der Waals surface area contributed by atoms with Crippen molar-refractivity contribution in [3.05, 3.63) is 89.7 Å². The van der Waals surface area contributed by atoms with Gasteiger partial charge >= 0.3 is 18.7 Å². The van der Waals surface area contributed by atoms with E-state index in [1.54, 1.807) is 0 Å². The van der Waals surface area contributed by atoms with Gasteiger partial charge in [0.25, 0.3) is 0 Å². The Kier molecular flexibility index (Phi) is 8.09. The minimum atomic E-state index is -5.13. The van der Waals surface area contributed by atoms with Crippen LogP contribution in [0.2, 0.25) is 0 Å².